The fourth-order valence-electron chi connectivity index (χ4n) is 7.38. The second kappa shape index (κ2) is 11.1. The summed E-state index contributed by atoms with van der Waals surface area (Å²) in [5, 5.41) is 2.34. The van der Waals surface area contributed by atoms with Crippen molar-refractivity contribution in [3.8, 4) is 0 Å². The first-order valence-corrected chi connectivity index (χ1v) is 15.7. The number of H-pyrrole nitrogens is 2. The highest BCUT2D eigenvalue weighted by Gasteiger charge is 2.31. The Balaban J connectivity index is 1.46. The zero-order valence-electron chi connectivity index (χ0n) is 25.7. The van der Waals surface area contributed by atoms with Crippen molar-refractivity contribution in [1.82, 2.24) is 15.0 Å². The van der Waals surface area contributed by atoms with Gasteiger partial charge in [0.2, 0.25) is 0 Å². The van der Waals surface area contributed by atoms with Gasteiger partial charge < -0.3 is 9.97 Å². The van der Waals surface area contributed by atoms with E-state index in [4.69, 9.17) is 4.99 Å². The largest absolute Gasteiger partial charge is 0.355 e. The van der Waals surface area contributed by atoms with E-state index in [1.807, 2.05) is 12.3 Å². The van der Waals surface area contributed by atoms with Gasteiger partial charge in [0.15, 0.2) is 0 Å². The maximum atomic E-state index is 4.87. The van der Waals surface area contributed by atoms with Gasteiger partial charge in [-0.15, -0.1) is 0 Å². The molecule has 0 amide bonds. The molecule has 0 unspecified atom stereocenters. The van der Waals surface area contributed by atoms with E-state index in [9.17, 15) is 0 Å². The van der Waals surface area contributed by atoms with E-state index in [1.54, 1.807) is 0 Å². The van der Waals surface area contributed by atoms with Crippen molar-refractivity contribution in [1.29, 1.82) is 0 Å². The Bertz CT molecular complexity index is 1630. The van der Waals surface area contributed by atoms with Crippen molar-refractivity contribution in [3.63, 3.8) is 0 Å². The molecule has 0 radical (unpaired) electrons. The predicted molar refractivity (Wildman–Crippen MR) is 172 cm³/mol. The quantitative estimate of drug-likeness (QED) is 0.312. The Morgan fingerprint density at radius 2 is 1.46 bits per heavy atom. The normalized spacial score (nSPS) is 22.0. The van der Waals surface area contributed by atoms with Crippen molar-refractivity contribution >= 4 is 23.9 Å². The van der Waals surface area contributed by atoms with Crippen LogP contribution in [0.4, 0.5) is 0 Å². The number of aromatic nitrogens is 3. The fraction of sp³-hybridized carbons (Fsp3) is 0.459. The summed E-state index contributed by atoms with van der Waals surface area (Å²) in [4.78, 5) is 17.0. The summed E-state index contributed by atoms with van der Waals surface area (Å²) >= 11 is 0. The highest BCUT2D eigenvalue weighted by molar-refractivity contribution is 6.03. The second-order valence-corrected chi connectivity index (χ2v) is 13.7. The van der Waals surface area contributed by atoms with Crippen LogP contribution in [0.25, 0.3) is 18.2 Å². The molecule has 6 rings (SSSR count). The highest BCUT2D eigenvalue weighted by atomic mass is 14.8. The number of hydrogen-bond acceptors (Lipinski definition) is 2. The summed E-state index contributed by atoms with van der Waals surface area (Å²) < 4.78 is 0. The molecule has 41 heavy (non-hydrogen) atoms. The lowest BCUT2D eigenvalue weighted by molar-refractivity contribution is 0.334. The molecule has 3 aromatic rings. The van der Waals surface area contributed by atoms with Gasteiger partial charge in [-0.05, 0) is 135 Å². The van der Waals surface area contributed by atoms with Crippen molar-refractivity contribution in [2.24, 2.45) is 15.8 Å². The number of aromatic amines is 2. The Morgan fingerprint density at radius 3 is 2.07 bits per heavy atom. The third-order valence-corrected chi connectivity index (χ3v) is 10.1. The summed E-state index contributed by atoms with van der Waals surface area (Å²) in [6.07, 6.45) is 21.5. The molecule has 0 spiro atoms. The number of pyridine rings is 1. The Kier molecular flexibility index (Phi) is 7.52. The lowest BCUT2D eigenvalue weighted by atomic mass is 9.81. The minimum atomic E-state index is 0.373. The molecule has 0 bridgehead atoms. The Morgan fingerprint density at radius 1 is 0.780 bits per heavy atom. The third-order valence-electron chi connectivity index (χ3n) is 10.1. The molecule has 4 nitrogen and oxygen atoms in total. The van der Waals surface area contributed by atoms with Crippen LogP contribution in [0.2, 0.25) is 0 Å². The molecule has 2 N–H and O–H groups in total. The average Bonchev–Trinajstić information content (AvgIpc) is 3.76. The van der Waals surface area contributed by atoms with Crippen LogP contribution in [-0.2, 0) is 12.8 Å². The number of rotatable bonds is 7. The summed E-state index contributed by atoms with van der Waals surface area (Å²) in [5.74, 6) is 0. The fourth-order valence-corrected chi connectivity index (χ4v) is 7.38. The second-order valence-electron chi connectivity index (χ2n) is 13.7. The molecule has 214 valence electrons. The average molecular weight is 547 g/mol. The van der Waals surface area contributed by atoms with E-state index in [1.165, 1.54) is 84.7 Å². The smallest absolute Gasteiger partial charge is 0.0686 e. The first-order chi connectivity index (χ1) is 19.7. The molecule has 0 saturated heterocycles. The molecule has 1 aliphatic heterocycles. The Hall–Kier alpha value is -3.40. The van der Waals surface area contributed by atoms with Crippen LogP contribution >= 0.6 is 0 Å². The minimum Gasteiger partial charge on any atom is -0.355 e. The zero-order valence-corrected chi connectivity index (χ0v) is 25.7. The van der Waals surface area contributed by atoms with Gasteiger partial charge in [-0.1, -0.05) is 45.6 Å². The Labute approximate surface area is 245 Å². The number of nitrogens with zero attached hydrogens (tertiary/aromatic N) is 2. The topological polar surface area (TPSA) is 56.8 Å². The molecule has 2 fully saturated rings. The molecule has 0 atom stereocenters. The van der Waals surface area contributed by atoms with Gasteiger partial charge in [-0.3, -0.25) is 9.98 Å². The van der Waals surface area contributed by atoms with Crippen LogP contribution in [0, 0.1) is 10.8 Å². The highest BCUT2D eigenvalue weighted by Crippen LogP contribution is 2.42. The van der Waals surface area contributed by atoms with Gasteiger partial charge in [-0.2, -0.15) is 0 Å². The van der Waals surface area contributed by atoms with Gasteiger partial charge >= 0.3 is 0 Å². The van der Waals surface area contributed by atoms with Gasteiger partial charge in [-0.25, -0.2) is 0 Å². The monoisotopic (exact) mass is 546 g/mol. The van der Waals surface area contributed by atoms with Gasteiger partial charge in [0.05, 0.1) is 11.4 Å². The van der Waals surface area contributed by atoms with Crippen LogP contribution in [0.15, 0.2) is 58.4 Å². The zero-order chi connectivity index (χ0) is 28.6. The van der Waals surface area contributed by atoms with E-state index in [-0.39, 0.29) is 0 Å². The van der Waals surface area contributed by atoms with E-state index >= 15 is 0 Å². The molecule has 2 aliphatic carbocycles. The van der Waals surface area contributed by atoms with E-state index < -0.39 is 0 Å². The van der Waals surface area contributed by atoms with E-state index in [0.29, 0.717) is 10.8 Å². The summed E-state index contributed by atoms with van der Waals surface area (Å²) in [6.45, 7) is 11.4. The SMILES string of the molecule is CC1=NC(=Cc2cc(CC3(C)CCCC3)c(C=c3[nH]c(=Cc4ccccn4)cc3CC3(C)CCCC3)[nH]2)C(C)=C1C. The summed E-state index contributed by atoms with van der Waals surface area (Å²) in [7, 11) is 0. The maximum Gasteiger partial charge on any atom is 0.0686 e. The number of aliphatic imine (C=N–C) groups is 1. The molecular weight excluding hydrogens is 500 g/mol. The first-order valence-electron chi connectivity index (χ1n) is 15.7. The summed E-state index contributed by atoms with van der Waals surface area (Å²) in [5.41, 5.74) is 11.7. The summed E-state index contributed by atoms with van der Waals surface area (Å²) in [6, 6.07) is 10.8. The molecule has 3 aromatic heterocycles. The van der Waals surface area contributed by atoms with Gasteiger partial charge in [0.25, 0.3) is 0 Å². The number of nitrogens with one attached hydrogen (secondary N) is 2. The first kappa shape index (κ1) is 27.8. The van der Waals surface area contributed by atoms with Crippen LogP contribution < -0.4 is 10.7 Å². The predicted octanol–water partition coefficient (Wildman–Crippen LogP) is 7.79. The molecule has 4 heteroatoms. The van der Waals surface area contributed by atoms with Crippen molar-refractivity contribution in [2.75, 3.05) is 0 Å². The van der Waals surface area contributed by atoms with Crippen molar-refractivity contribution in [3.05, 3.63) is 92.3 Å². The van der Waals surface area contributed by atoms with Crippen LogP contribution in [-0.4, -0.2) is 20.7 Å². The third kappa shape index (κ3) is 6.12. The maximum absolute atomic E-state index is 4.87. The van der Waals surface area contributed by atoms with Crippen LogP contribution in [0.1, 0.15) is 114 Å². The molecule has 4 heterocycles. The molecule has 3 aliphatic rings. The lowest BCUT2D eigenvalue weighted by Gasteiger charge is -2.23. The standard InChI is InChI=1S/C37H46N4/c1-25-26(2)33(39-27(25)3)21-32-19-29(24-37(5)15-9-10-16-37)35(41-32)22-34-28(23-36(4)13-7-8-14-36)18-31(40-34)20-30-12-6-11-17-38-30/h6,11-12,17-22,40-41H,7-10,13-16,23-24H2,1-5H3. The molecule has 2 saturated carbocycles. The van der Waals surface area contributed by atoms with Gasteiger partial charge in [0.1, 0.15) is 0 Å². The van der Waals surface area contributed by atoms with E-state index in [0.717, 1.165) is 41.0 Å². The van der Waals surface area contributed by atoms with Crippen molar-refractivity contribution in [2.45, 2.75) is 98.8 Å². The molecular formula is C37H46N4. The van der Waals surface area contributed by atoms with Crippen molar-refractivity contribution < 1.29 is 0 Å². The van der Waals surface area contributed by atoms with Gasteiger partial charge in [0, 0.05) is 34.0 Å². The number of allylic oxidation sites excluding steroid dienone is 2. The number of hydrogen-bond donors (Lipinski definition) is 2. The lowest BCUT2D eigenvalue weighted by Crippen LogP contribution is -2.20. The van der Waals surface area contributed by atoms with Crippen LogP contribution in [0.3, 0.4) is 0 Å². The minimum absolute atomic E-state index is 0.373. The molecule has 0 aromatic carbocycles. The van der Waals surface area contributed by atoms with E-state index in [2.05, 4.69) is 92.1 Å². The van der Waals surface area contributed by atoms with Crippen LogP contribution in [0.5, 0.6) is 0 Å².